The van der Waals surface area contributed by atoms with E-state index in [0.717, 1.165) is 52.8 Å². The molecule has 3 N–H and O–H groups in total. The third-order valence-electron chi connectivity index (χ3n) is 11.0. The van der Waals surface area contributed by atoms with Crippen LogP contribution in [-0.2, 0) is 30.6 Å². The lowest BCUT2D eigenvalue weighted by molar-refractivity contribution is -0.116. The second-order valence-electron chi connectivity index (χ2n) is 15.2. The summed E-state index contributed by atoms with van der Waals surface area (Å²) in [4.78, 5) is 55.3. The number of fused-ring (bicyclic) bond motifs is 2. The fourth-order valence-electron chi connectivity index (χ4n) is 7.62. The minimum Gasteiger partial charge on any atom is -0.352 e. The molecule has 0 atom stereocenters. The lowest BCUT2D eigenvalue weighted by Crippen LogP contribution is -2.25. The molecule has 0 spiro atoms. The summed E-state index contributed by atoms with van der Waals surface area (Å²) >= 11 is 0. The minimum absolute atomic E-state index is 0.0150. The van der Waals surface area contributed by atoms with Crippen molar-refractivity contribution in [2.24, 2.45) is 0 Å². The van der Waals surface area contributed by atoms with Gasteiger partial charge in [-0.05, 0) is 120 Å². The van der Waals surface area contributed by atoms with Crippen LogP contribution in [-0.4, -0.2) is 40.4 Å². The molecule has 9 nitrogen and oxygen atoms in total. The molecule has 306 valence electrons. The molecule has 0 fully saturated rings. The second kappa shape index (κ2) is 18.3. The number of hydrogen-bond acceptors (Lipinski definition) is 5. The number of hydrogen-bond donors (Lipinski definition) is 3. The van der Waals surface area contributed by atoms with Gasteiger partial charge in [-0.3, -0.25) is 23.7 Å². The van der Waals surface area contributed by atoms with Gasteiger partial charge >= 0.3 is 0 Å². The molecule has 1 aliphatic rings. The van der Waals surface area contributed by atoms with Crippen molar-refractivity contribution in [2.45, 2.75) is 45.1 Å². The molecule has 0 radical (unpaired) electrons. The van der Waals surface area contributed by atoms with Crippen molar-refractivity contribution < 1.29 is 23.2 Å². The van der Waals surface area contributed by atoms with Crippen molar-refractivity contribution in [3.63, 3.8) is 0 Å². The van der Waals surface area contributed by atoms with E-state index in [9.17, 15) is 23.6 Å². The number of nitrogens with one attached hydrogen (secondary N) is 3. The third kappa shape index (κ3) is 9.63. The normalized spacial score (nSPS) is 12.1. The largest absolute Gasteiger partial charge is 0.352 e. The summed E-state index contributed by atoms with van der Waals surface area (Å²) in [6, 6.07) is 37.0. The van der Waals surface area contributed by atoms with Gasteiger partial charge in [0, 0.05) is 47.5 Å². The van der Waals surface area contributed by atoms with Crippen LogP contribution in [0.3, 0.4) is 0 Å². The fraction of sp³-hybridized carbons (Fsp3) is 0.180. The lowest BCUT2D eigenvalue weighted by Gasteiger charge is -2.17. The van der Waals surface area contributed by atoms with Gasteiger partial charge < -0.3 is 16.0 Å². The molecule has 3 amide bonds. The van der Waals surface area contributed by atoms with Crippen LogP contribution in [0.25, 0.3) is 33.2 Å². The third-order valence-corrected chi connectivity index (χ3v) is 11.0. The van der Waals surface area contributed by atoms with Gasteiger partial charge in [0.2, 0.25) is 5.91 Å². The number of rotatable bonds is 14. The Morgan fingerprint density at radius 2 is 1.25 bits per heavy atom. The maximum atomic E-state index is 15.1. The number of carbonyl (C=O) groups is 3. The number of benzene rings is 6. The average molecular weight is 816 g/mol. The first-order valence-corrected chi connectivity index (χ1v) is 20.4. The SMILES string of the molecule is O=C1CCc2cc(C(=O)NCCCc3ccc(-c4cc(Cn5cnc6cc(C(=O)NCCCc7ccc(-c8ccccc8F)cc7)ccc6c5=O)ccc4F)cc3)ccc2N1. The Labute approximate surface area is 351 Å². The van der Waals surface area contributed by atoms with E-state index in [1.807, 2.05) is 60.7 Å². The van der Waals surface area contributed by atoms with Crippen LogP contribution < -0.4 is 21.5 Å². The molecular formula is C50H43F2N5O4. The van der Waals surface area contributed by atoms with Crippen LogP contribution in [0.1, 0.15) is 62.2 Å². The number of carbonyl (C=O) groups excluding carboxylic acids is 3. The molecule has 0 aliphatic carbocycles. The van der Waals surface area contributed by atoms with Gasteiger partial charge in [0.25, 0.3) is 17.4 Å². The molecule has 0 saturated carbocycles. The Morgan fingerprint density at radius 1 is 0.639 bits per heavy atom. The first-order valence-electron chi connectivity index (χ1n) is 20.4. The lowest BCUT2D eigenvalue weighted by atomic mass is 9.99. The van der Waals surface area contributed by atoms with E-state index in [1.54, 1.807) is 54.6 Å². The van der Waals surface area contributed by atoms with E-state index in [4.69, 9.17) is 0 Å². The van der Waals surface area contributed by atoms with Crippen molar-refractivity contribution in [3.8, 4) is 22.3 Å². The Kier molecular flexibility index (Phi) is 12.2. The Morgan fingerprint density at radius 3 is 1.93 bits per heavy atom. The number of anilines is 1. The van der Waals surface area contributed by atoms with Gasteiger partial charge in [0.15, 0.2) is 0 Å². The summed E-state index contributed by atoms with van der Waals surface area (Å²) < 4.78 is 30.7. The van der Waals surface area contributed by atoms with Crippen LogP contribution in [0, 0.1) is 11.6 Å². The van der Waals surface area contributed by atoms with Crippen LogP contribution in [0.4, 0.5) is 14.5 Å². The number of aromatic nitrogens is 2. The molecule has 1 aromatic heterocycles. The number of halogens is 2. The molecule has 7 aromatic rings. The van der Waals surface area contributed by atoms with Gasteiger partial charge in [0.1, 0.15) is 11.6 Å². The Balaban J connectivity index is 0.824. The van der Waals surface area contributed by atoms with Crippen molar-refractivity contribution in [1.82, 2.24) is 20.2 Å². The smallest absolute Gasteiger partial charge is 0.261 e. The summed E-state index contributed by atoms with van der Waals surface area (Å²) in [5.74, 6) is -1.08. The standard InChI is InChI=1S/C50H43F2N5O4/c51-43-8-2-1-7-40(43)35-14-9-32(10-15-35)5-4-26-54-49(60)39-18-21-41-46(29-39)55-31-57(50(41)61)30-34-13-22-44(52)42(27-34)36-16-11-33(12-17-36)6-3-25-53-48(59)38-19-23-45-37(28-38)20-24-47(58)56-45/h1-2,7-19,21-23,27-29,31H,3-6,20,24-26,30H2,(H,53,59)(H,54,60)(H,56,58). The predicted molar refractivity (Wildman–Crippen MR) is 233 cm³/mol. The molecule has 0 saturated heterocycles. The van der Waals surface area contributed by atoms with E-state index < -0.39 is 0 Å². The van der Waals surface area contributed by atoms with Gasteiger partial charge in [-0.2, -0.15) is 0 Å². The zero-order valence-electron chi connectivity index (χ0n) is 33.3. The topological polar surface area (TPSA) is 122 Å². The quantitative estimate of drug-likeness (QED) is 0.0950. The van der Waals surface area contributed by atoms with Crippen LogP contribution in [0.2, 0.25) is 0 Å². The molecule has 1 aliphatic heterocycles. The minimum atomic E-state index is -0.381. The summed E-state index contributed by atoms with van der Waals surface area (Å²) in [6.45, 7) is 1.12. The van der Waals surface area contributed by atoms with Gasteiger partial charge in [-0.15, -0.1) is 0 Å². The van der Waals surface area contributed by atoms with E-state index in [1.165, 1.54) is 23.0 Å². The van der Waals surface area contributed by atoms with Crippen molar-refractivity contribution in [3.05, 3.63) is 189 Å². The molecule has 61 heavy (non-hydrogen) atoms. The summed E-state index contributed by atoms with van der Waals surface area (Å²) in [5.41, 5.74) is 8.14. The molecule has 0 unspecified atom stereocenters. The molecule has 2 heterocycles. The fourth-order valence-corrected chi connectivity index (χ4v) is 7.62. The van der Waals surface area contributed by atoms with Gasteiger partial charge in [0.05, 0.1) is 23.8 Å². The van der Waals surface area contributed by atoms with Crippen molar-refractivity contribution >= 4 is 34.3 Å². The number of amides is 3. The first kappa shape index (κ1) is 40.5. The summed E-state index contributed by atoms with van der Waals surface area (Å²) in [5, 5.41) is 9.10. The van der Waals surface area contributed by atoms with Crippen LogP contribution >= 0.6 is 0 Å². The monoisotopic (exact) mass is 815 g/mol. The van der Waals surface area contributed by atoms with Crippen molar-refractivity contribution in [1.29, 1.82) is 0 Å². The number of nitrogens with zero attached hydrogens (tertiary/aromatic N) is 2. The summed E-state index contributed by atoms with van der Waals surface area (Å²) in [6.07, 6.45) is 5.36. The van der Waals surface area contributed by atoms with Crippen molar-refractivity contribution in [2.75, 3.05) is 18.4 Å². The predicted octanol–water partition coefficient (Wildman–Crippen LogP) is 8.67. The second-order valence-corrected chi connectivity index (χ2v) is 15.2. The highest BCUT2D eigenvalue weighted by Crippen LogP contribution is 2.27. The molecule has 6 aromatic carbocycles. The molecule has 11 heteroatoms. The average Bonchev–Trinajstić information content (AvgIpc) is 3.28. The highest BCUT2D eigenvalue weighted by molar-refractivity contribution is 5.98. The Hall–Kier alpha value is -7.27. The van der Waals surface area contributed by atoms with Crippen LogP contribution in [0.15, 0.2) is 139 Å². The van der Waals surface area contributed by atoms with Gasteiger partial charge in [-0.1, -0.05) is 72.8 Å². The first-order chi connectivity index (χ1) is 29.7. The number of aryl methyl sites for hydroxylation is 3. The summed E-state index contributed by atoms with van der Waals surface area (Å²) in [7, 11) is 0. The highest BCUT2D eigenvalue weighted by atomic mass is 19.1. The van der Waals surface area contributed by atoms with Crippen LogP contribution in [0.5, 0.6) is 0 Å². The van der Waals surface area contributed by atoms with E-state index in [0.29, 0.717) is 71.1 Å². The van der Waals surface area contributed by atoms with Gasteiger partial charge in [-0.25, -0.2) is 13.8 Å². The van der Waals surface area contributed by atoms with E-state index in [-0.39, 0.29) is 41.5 Å². The van der Waals surface area contributed by atoms with E-state index >= 15 is 4.39 Å². The Bertz CT molecular complexity index is 2820. The molecule has 8 rings (SSSR count). The molecular weight excluding hydrogens is 773 g/mol. The zero-order valence-corrected chi connectivity index (χ0v) is 33.3. The maximum absolute atomic E-state index is 15.1. The zero-order chi connectivity index (χ0) is 42.3. The highest BCUT2D eigenvalue weighted by Gasteiger charge is 2.17. The molecule has 0 bridgehead atoms. The van der Waals surface area contributed by atoms with E-state index in [2.05, 4.69) is 20.9 Å². The maximum Gasteiger partial charge on any atom is 0.261 e.